The van der Waals surface area contributed by atoms with Crippen LogP contribution in [-0.4, -0.2) is 12.6 Å². The summed E-state index contributed by atoms with van der Waals surface area (Å²) in [6.45, 7) is 11.2. The number of rotatable bonds is 3. The second-order valence-corrected chi connectivity index (χ2v) is 2.98. The van der Waals surface area contributed by atoms with Crippen molar-refractivity contribution in [2.45, 2.75) is 66.3 Å². The van der Waals surface area contributed by atoms with Gasteiger partial charge in [-0.3, -0.25) is 0 Å². The largest absolute Gasteiger partial charge is 0.331 e. The summed E-state index contributed by atoms with van der Waals surface area (Å²) in [6.07, 6.45) is 4.85. The Kier molecular flexibility index (Phi) is 32.5. The molecule has 4 N–H and O–H groups in total. The molecule has 0 heterocycles. The summed E-state index contributed by atoms with van der Waals surface area (Å²) in [7, 11) is 0. The van der Waals surface area contributed by atoms with Gasteiger partial charge in [-0.05, 0) is 19.4 Å². The van der Waals surface area contributed by atoms with Crippen LogP contribution in [0.5, 0.6) is 0 Å². The van der Waals surface area contributed by atoms with Crippen molar-refractivity contribution < 1.29 is 0 Å². The van der Waals surface area contributed by atoms with Gasteiger partial charge in [0.2, 0.25) is 0 Å². The van der Waals surface area contributed by atoms with E-state index in [1.807, 2.05) is 6.92 Å². The van der Waals surface area contributed by atoms with Crippen LogP contribution in [0.4, 0.5) is 0 Å². The lowest BCUT2D eigenvalue weighted by atomic mass is 10.2. The zero-order valence-electron chi connectivity index (χ0n) is 10.3. The minimum atomic E-state index is 0.435. The van der Waals surface area contributed by atoms with Crippen LogP contribution in [-0.2, 0) is 0 Å². The normalized spacial score (nSPS) is 8.31. The molecule has 0 bridgehead atoms. The zero-order valence-corrected chi connectivity index (χ0v) is 10.3. The Morgan fingerprint density at radius 3 is 1.08 bits per heavy atom. The van der Waals surface area contributed by atoms with E-state index in [1.54, 1.807) is 0 Å². The number of unbranched alkanes of at least 4 members (excludes halogenated alkanes) is 1. The summed E-state index contributed by atoms with van der Waals surface area (Å²) in [4.78, 5) is 0. The molecular weight excluding hydrogens is 160 g/mol. The van der Waals surface area contributed by atoms with Crippen molar-refractivity contribution in [3.63, 3.8) is 0 Å². The Morgan fingerprint density at radius 1 is 0.846 bits per heavy atom. The van der Waals surface area contributed by atoms with Crippen LogP contribution in [0.1, 0.15) is 60.3 Å². The Bertz CT molecular complexity index is 50.1. The third-order valence-electron chi connectivity index (χ3n) is 1.55. The summed E-state index contributed by atoms with van der Waals surface area (Å²) in [5.41, 5.74) is 10.3. The SMILES string of the molecule is CCC(N)CC.CCCC.CCN. The lowest BCUT2D eigenvalue weighted by molar-refractivity contribution is 0.629. The molecule has 0 fully saturated rings. The van der Waals surface area contributed by atoms with Crippen molar-refractivity contribution in [1.29, 1.82) is 0 Å². The summed E-state index contributed by atoms with van der Waals surface area (Å²) < 4.78 is 0. The van der Waals surface area contributed by atoms with Crippen molar-refractivity contribution in [1.82, 2.24) is 0 Å². The minimum absolute atomic E-state index is 0.435. The third kappa shape index (κ3) is 48.5. The van der Waals surface area contributed by atoms with Gasteiger partial charge in [0.1, 0.15) is 0 Å². The molecule has 0 spiro atoms. The lowest BCUT2D eigenvalue weighted by Gasteiger charge is -1.99. The summed E-state index contributed by atoms with van der Waals surface area (Å²) >= 11 is 0. The predicted octanol–water partition coefficient (Wildman–Crippen LogP) is 2.91. The van der Waals surface area contributed by atoms with E-state index in [-0.39, 0.29) is 0 Å². The van der Waals surface area contributed by atoms with Crippen LogP contribution in [0.15, 0.2) is 0 Å². The molecule has 0 atom stereocenters. The second-order valence-electron chi connectivity index (χ2n) is 2.98. The van der Waals surface area contributed by atoms with Crippen LogP contribution >= 0.6 is 0 Å². The highest BCUT2D eigenvalue weighted by molar-refractivity contribution is 4.51. The fourth-order valence-electron chi connectivity index (χ4n) is 0.289. The first-order chi connectivity index (χ1) is 6.14. The van der Waals surface area contributed by atoms with E-state index < -0.39 is 0 Å². The van der Waals surface area contributed by atoms with Gasteiger partial charge in [-0.15, -0.1) is 0 Å². The Morgan fingerprint density at radius 2 is 1.08 bits per heavy atom. The van der Waals surface area contributed by atoms with E-state index in [1.165, 1.54) is 12.8 Å². The van der Waals surface area contributed by atoms with Gasteiger partial charge in [0.15, 0.2) is 0 Å². The molecule has 2 heteroatoms. The van der Waals surface area contributed by atoms with Gasteiger partial charge in [-0.2, -0.15) is 0 Å². The zero-order chi connectivity index (χ0) is 11.1. The third-order valence-corrected chi connectivity index (χ3v) is 1.55. The maximum Gasteiger partial charge on any atom is 0.00335 e. The molecule has 0 aliphatic heterocycles. The van der Waals surface area contributed by atoms with Crippen molar-refractivity contribution in [2.24, 2.45) is 11.5 Å². The number of hydrogen-bond donors (Lipinski definition) is 2. The topological polar surface area (TPSA) is 52.0 Å². The fraction of sp³-hybridized carbons (Fsp3) is 1.00. The molecular formula is C11H30N2. The summed E-state index contributed by atoms with van der Waals surface area (Å²) in [6, 6.07) is 0.435. The first-order valence-electron chi connectivity index (χ1n) is 5.59. The van der Waals surface area contributed by atoms with Gasteiger partial charge in [0.05, 0.1) is 0 Å². The molecule has 0 aromatic rings. The van der Waals surface area contributed by atoms with E-state index in [2.05, 4.69) is 27.7 Å². The second kappa shape index (κ2) is 22.7. The molecule has 0 rings (SSSR count). The number of nitrogens with two attached hydrogens (primary N) is 2. The molecule has 13 heavy (non-hydrogen) atoms. The molecule has 0 saturated carbocycles. The molecule has 0 amide bonds. The van der Waals surface area contributed by atoms with Crippen LogP contribution in [0.3, 0.4) is 0 Å². The van der Waals surface area contributed by atoms with Crippen molar-refractivity contribution in [3.05, 3.63) is 0 Å². The smallest absolute Gasteiger partial charge is 0.00335 e. The Hall–Kier alpha value is -0.0800. The van der Waals surface area contributed by atoms with Crippen LogP contribution < -0.4 is 11.5 Å². The molecule has 84 valence electrons. The average Bonchev–Trinajstić information content (AvgIpc) is 2.18. The Labute approximate surface area is 85.1 Å². The van der Waals surface area contributed by atoms with Gasteiger partial charge >= 0.3 is 0 Å². The molecule has 2 nitrogen and oxygen atoms in total. The van der Waals surface area contributed by atoms with Crippen LogP contribution in [0.25, 0.3) is 0 Å². The molecule has 0 aliphatic rings. The number of hydrogen-bond acceptors (Lipinski definition) is 2. The first kappa shape index (κ1) is 18.7. The predicted molar refractivity (Wildman–Crippen MR) is 63.9 cm³/mol. The molecule has 0 aromatic carbocycles. The summed E-state index contributed by atoms with van der Waals surface area (Å²) in [5.74, 6) is 0. The average molecular weight is 190 g/mol. The van der Waals surface area contributed by atoms with Gasteiger partial charge in [0.25, 0.3) is 0 Å². The standard InChI is InChI=1S/C5H13N.C4H10.C2H7N/c1-3-5(6)4-2;1-3-4-2;1-2-3/h5H,3-4,6H2,1-2H3;3-4H2,1-2H3;2-3H2,1H3. The van der Waals surface area contributed by atoms with E-state index in [4.69, 9.17) is 11.5 Å². The Balaban J connectivity index is -0.000000125. The van der Waals surface area contributed by atoms with Crippen molar-refractivity contribution in [2.75, 3.05) is 6.54 Å². The highest BCUT2D eigenvalue weighted by Crippen LogP contribution is 1.88. The van der Waals surface area contributed by atoms with Crippen molar-refractivity contribution in [3.8, 4) is 0 Å². The van der Waals surface area contributed by atoms with Crippen LogP contribution in [0, 0.1) is 0 Å². The molecule has 0 unspecified atom stereocenters. The molecule has 0 aromatic heterocycles. The van der Waals surface area contributed by atoms with E-state index in [0.717, 1.165) is 19.4 Å². The van der Waals surface area contributed by atoms with E-state index in [9.17, 15) is 0 Å². The van der Waals surface area contributed by atoms with Gasteiger partial charge in [0, 0.05) is 6.04 Å². The van der Waals surface area contributed by atoms with Crippen LogP contribution in [0.2, 0.25) is 0 Å². The van der Waals surface area contributed by atoms with E-state index in [0.29, 0.717) is 6.04 Å². The van der Waals surface area contributed by atoms with Gasteiger partial charge in [-0.25, -0.2) is 0 Å². The van der Waals surface area contributed by atoms with E-state index >= 15 is 0 Å². The summed E-state index contributed by atoms with van der Waals surface area (Å²) in [5, 5.41) is 0. The quantitative estimate of drug-likeness (QED) is 0.719. The molecule has 0 saturated heterocycles. The highest BCUT2D eigenvalue weighted by Gasteiger charge is 1.88. The fourth-order valence-corrected chi connectivity index (χ4v) is 0.289. The lowest BCUT2D eigenvalue weighted by Crippen LogP contribution is -2.16. The monoisotopic (exact) mass is 190 g/mol. The maximum atomic E-state index is 5.47. The highest BCUT2D eigenvalue weighted by atomic mass is 14.6. The molecule has 0 aliphatic carbocycles. The van der Waals surface area contributed by atoms with Crippen molar-refractivity contribution >= 4 is 0 Å². The minimum Gasteiger partial charge on any atom is -0.331 e. The maximum absolute atomic E-state index is 5.47. The van der Waals surface area contributed by atoms with Gasteiger partial charge in [-0.1, -0.05) is 47.5 Å². The van der Waals surface area contributed by atoms with Gasteiger partial charge < -0.3 is 11.5 Å². The molecule has 0 radical (unpaired) electrons. The first-order valence-corrected chi connectivity index (χ1v) is 5.59.